The lowest BCUT2D eigenvalue weighted by molar-refractivity contribution is 0.0405. The van der Waals surface area contributed by atoms with Gasteiger partial charge in [-0.05, 0) is 73.8 Å². The van der Waals surface area contributed by atoms with Crippen molar-refractivity contribution in [3.8, 4) is 17.4 Å². The van der Waals surface area contributed by atoms with E-state index in [0.717, 1.165) is 72.4 Å². The number of methoxy groups -OCH3 is 1. The Morgan fingerprint density at radius 3 is 2.53 bits per heavy atom. The number of carbonyl (C=O) groups is 1. The van der Waals surface area contributed by atoms with Crippen LogP contribution in [-0.4, -0.2) is 87.2 Å². The molecule has 6 rings (SSSR count). The average molecular weight is 802 g/mol. The molecule has 1 saturated heterocycles. The summed E-state index contributed by atoms with van der Waals surface area (Å²) in [5, 5.41) is 22.4. The maximum absolute atomic E-state index is 13.5. The molecule has 301 valence electrons. The minimum absolute atomic E-state index is 0.0634. The smallest absolute Gasteiger partial charge is 0.324 e. The highest BCUT2D eigenvalue weighted by Gasteiger charge is 2.16. The Balaban J connectivity index is 1.14. The highest BCUT2D eigenvalue weighted by Crippen LogP contribution is 2.40. The van der Waals surface area contributed by atoms with Gasteiger partial charge in [0.15, 0.2) is 7.28 Å². The molecule has 2 heterocycles. The molecule has 0 unspecified atom stereocenters. The van der Waals surface area contributed by atoms with E-state index in [2.05, 4.69) is 43.4 Å². The van der Waals surface area contributed by atoms with Gasteiger partial charge in [0.1, 0.15) is 17.3 Å². The number of rotatable bonds is 17. The first-order valence-corrected chi connectivity index (χ1v) is 22.1. The molecule has 1 aliphatic heterocycles. The number of nitrogens with one attached hydrogen (secondary N) is 5. The fourth-order valence-corrected chi connectivity index (χ4v) is 7.46. The maximum Gasteiger partial charge on any atom is 0.324 e. The van der Waals surface area contributed by atoms with Crippen molar-refractivity contribution in [2.24, 2.45) is 5.92 Å². The number of morpholine rings is 1. The fourth-order valence-electron chi connectivity index (χ4n) is 6.38. The molecule has 2 amide bonds. The van der Waals surface area contributed by atoms with Crippen LogP contribution in [-0.2, 0) is 15.5 Å². The van der Waals surface area contributed by atoms with Gasteiger partial charge in [0.25, 0.3) is 0 Å². The van der Waals surface area contributed by atoms with Crippen LogP contribution in [0.4, 0.5) is 27.8 Å². The molecule has 58 heavy (non-hydrogen) atoms. The molecule has 5 aromatic rings. The Kier molecular flexibility index (Phi) is 14.2. The summed E-state index contributed by atoms with van der Waals surface area (Å²) in [4.78, 5) is 25.0. The van der Waals surface area contributed by atoms with Gasteiger partial charge in [-0.1, -0.05) is 62.0 Å². The van der Waals surface area contributed by atoms with Crippen molar-refractivity contribution in [3.05, 3.63) is 109 Å². The Morgan fingerprint density at radius 2 is 1.78 bits per heavy atom. The minimum Gasteiger partial charge on any atom is -0.497 e. The van der Waals surface area contributed by atoms with Gasteiger partial charge in [0.2, 0.25) is 11.8 Å². The van der Waals surface area contributed by atoms with E-state index in [9.17, 15) is 9.36 Å². The molecule has 1 aromatic heterocycles. The molecule has 13 nitrogen and oxygen atoms in total. The highest BCUT2D eigenvalue weighted by molar-refractivity contribution is 7.61. The second-order valence-corrected chi connectivity index (χ2v) is 18.3. The predicted octanol–water partition coefficient (Wildman–Crippen LogP) is 8.13. The van der Waals surface area contributed by atoms with Crippen LogP contribution >= 0.6 is 7.14 Å². The number of allylic oxidation sites excluding steroid dienone is 1. The molecule has 1 aliphatic rings. The Labute approximate surface area is 341 Å². The Bertz CT molecular complexity index is 2310. The number of benzene rings is 4. The largest absolute Gasteiger partial charge is 0.497 e. The van der Waals surface area contributed by atoms with E-state index in [-0.39, 0.29) is 5.92 Å². The molecule has 1 radical (unpaired) electrons. The quantitative estimate of drug-likeness (QED) is 0.0353. The van der Waals surface area contributed by atoms with Crippen LogP contribution in [0.25, 0.3) is 10.8 Å². The summed E-state index contributed by atoms with van der Waals surface area (Å²) >= 11 is 0. The van der Waals surface area contributed by atoms with Crippen molar-refractivity contribution < 1.29 is 23.6 Å². The van der Waals surface area contributed by atoms with Crippen molar-refractivity contribution in [1.82, 2.24) is 20.2 Å². The molecule has 15 heteroatoms. The molecule has 0 aliphatic carbocycles. The molecule has 5 N–H and O–H groups in total. The number of amides is 2. The number of ether oxygens (including phenoxy) is 3. The maximum atomic E-state index is 13.5. The van der Waals surface area contributed by atoms with Crippen LogP contribution in [0.3, 0.4) is 0 Å². The number of nitrogens with zero attached hydrogens (tertiary/aromatic N) is 3. The van der Waals surface area contributed by atoms with E-state index in [4.69, 9.17) is 19.6 Å². The number of urea groups is 1. The summed E-state index contributed by atoms with van der Waals surface area (Å²) in [7, 11) is 1.55. The van der Waals surface area contributed by atoms with Crippen molar-refractivity contribution in [1.29, 1.82) is 5.41 Å². The number of fused-ring (bicyclic) bond motifs is 1. The van der Waals surface area contributed by atoms with Crippen molar-refractivity contribution in [3.63, 3.8) is 0 Å². The summed E-state index contributed by atoms with van der Waals surface area (Å²) in [6.45, 7) is 11.8. The first-order valence-electron chi connectivity index (χ1n) is 19.3. The molecule has 0 saturated carbocycles. The van der Waals surface area contributed by atoms with Crippen LogP contribution in [0, 0.1) is 11.3 Å². The van der Waals surface area contributed by atoms with Crippen LogP contribution in [0.2, 0.25) is 6.32 Å². The zero-order valence-corrected chi connectivity index (χ0v) is 34.6. The lowest BCUT2D eigenvalue weighted by Crippen LogP contribution is -2.37. The van der Waals surface area contributed by atoms with E-state index in [1.165, 1.54) is 0 Å². The van der Waals surface area contributed by atoms with Crippen LogP contribution in [0.15, 0.2) is 103 Å². The zero-order chi connectivity index (χ0) is 41.1. The van der Waals surface area contributed by atoms with Gasteiger partial charge in [-0.15, -0.1) is 0 Å². The van der Waals surface area contributed by atoms with Gasteiger partial charge in [-0.2, -0.15) is 4.98 Å². The van der Waals surface area contributed by atoms with Gasteiger partial charge in [-0.25, -0.2) is 9.78 Å². The number of anilines is 4. The lowest BCUT2D eigenvalue weighted by atomic mass is 9.67. The molecule has 4 aromatic carbocycles. The highest BCUT2D eigenvalue weighted by atomic mass is 31.2. The number of aromatic nitrogens is 2. The van der Waals surface area contributed by atoms with Crippen molar-refractivity contribution in [2.75, 3.05) is 69.2 Å². The number of carbonyl (C=O) groups excluding carboxylic acids is 1. The van der Waals surface area contributed by atoms with Crippen molar-refractivity contribution >= 4 is 65.4 Å². The lowest BCUT2D eigenvalue weighted by Gasteiger charge is -2.26. The number of hydrogen-bond acceptors (Lipinski definition) is 11. The molecule has 0 spiro atoms. The van der Waals surface area contributed by atoms with E-state index < -0.39 is 13.2 Å². The van der Waals surface area contributed by atoms with Gasteiger partial charge < -0.3 is 40.1 Å². The minimum atomic E-state index is -2.29. The third kappa shape index (κ3) is 12.4. The van der Waals surface area contributed by atoms with Crippen LogP contribution in [0.5, 0.6) is 17.4 Å². The second-order valence-electron chi connectivity index (χ2n) is 14.8. The first-order chi connectivity index (χ1) is 27.9. The standard InChI is InChI=1S/C43H51BN8O5P/c1-29(2)37(45)27-40(47-32-10-8-9-30(23-32)28-58(4,5)54)50-43(53)49-38-13-14-39(36-12-7-6-11-35(36)38)57-41-15-17-46-42(51-41)48-33-24-31(25-34(26-33)55-3)44-16-18-52-19-21-56-22-20-52/h6-15,17,23-27,29,45,47H,16,18-22,28H2,1-5H3,(H,46,48,51)(H2,49,50,53)/b40-27+,45-37?. The Hall–Kier alpha value is -5.69. The molecule has 0 atom stereocenters. The monoisotopic (exact) mass is 801 g/mol. The third-order valence-corrected chi connectivity index (χ3v) is 10.4. The fraction of sp³-hybridized carbons (Fsp3) is 0.302. The van der Waals surface area contributed by atoms with Gasteiger partial charge in [0.05, 0.1) is 33.2 Å². The topological polar surface area (TPSA) is 163 Å². The van der Waals surface area contributed by atoms with E-state index >= 15 is 0 Å². The number of hydrogen-bond donors (Lipinski definition) is 5. The van der Waals surface area contributed by atoms with E-state index in [0.29, 0.717) is 46.6 Å². The van der Waals surface area contributed by atoms with E-state index in [1.807, 2.05) is 80.6 Å². The average Bonchev–Trinajstić information content (AvgIpc) is 3.18. The third-order valence-electron chi connectivity index (χ3n) is 9.27. The Morgan fingerprint density at radius 1 is 0.983 bits per heavy atom. The van der Waals surface area contributed by atoms with Crippen LogP contribution < -0.4 is 36.2 Å². The SMILES string of the molecule is COc1cc([B]CCN2CCOCC2)cc(Nc2nccc(Oc3ccc(NC(=O)N/C(=C/C(=N)C(C)C)Nc4cccc(CP(C)(C)=O)c4)c4ccccc34)n2)c1. The molecule has 1 fully saturated rings. The molecular weight excluding hydrogens is 750 g/mol. The summed E-state index contributed by atoms with van der Waals surface area (Å²) in [6.07, 6.45) is 4.58. The normalized spacial score (nSPS) is 13.5. The zero-order valence-electron chi connectivity index (χ0n) is 33.7. The summed E-state index contributed by atoms with van der Waals surface area (Å²) in [6, 6.07) is 25.8. The predicted molar refractivity (Wildman–Crippen MR) is 236 cm³/mol. The van der Waals surface area contributed by atoms with Gasteiger partial charge in [-0.3, -0.25) is 10.2 Å². The summed E-state index contributed by atoms with van der Waals surface area (Å²) < 4.78 is 29.9. The molecule has 0 bridgehead atoms. The van der Waals surface area contributed by atoms with Crippen molar-refractivity contribution in [2.45, 2.75) is 26.3 Å². The van der Waals surface area contributed by atoms with E-state index in [1.54, 1.807) is 50.9 Å². The van der Waals surface area contributed by atoms with Gasteiger partial charge in [0, 0.05) is 65.4 Å². The first kappa shape index (κ1) is 41.9. The second kappa shape index (κ2) is 19.6. The van der Waals surface area contributed by atoms with Gasteiger partial charge >= 0.3 is 6.03 Å². The molecular formula is C43H51BN8O5P. The summed E-state index contributed by atoms with van der Waals surface area (Å²) in [5.41, 5.74) is 4.32. The summed E-state index contributed by atoms with van der Waals surface area (Å²) in [5.74, 6) is 2.21. The van der Waals surface area contributed by atoms with Crippen LogP contribution in [0.1, 0.15) is 19.4 Å².